The molecule has 2 bridgehead atoms. The van der Waals surface area contributed by atoms with Crippen molar-refractivity contribution in [2.75, 3.05) is 80.1 Å². The maximum absolute atomic E-state index is 16.0. The van der Waals surface area contributed by atoms with E-state index in [1.165, 1.54) is 78.3 Å². The van der Waals surface area contributed by atoms with Crippen LogP contribution < -0.4 is 26.6 Å². The lowest BCUT2D eigenvalue weighted by molar-refractivity contribution is -0.346. The van der Waals surface area contributed by atoms with E-state index in [0.29, 0.717) is 37.9 Å². The van der Waals surface area contributed by atoms with Crippen molar-refractivity contribution < 1.29 is 174 Å². The molecule has 752 valence electrons. The Morgan fingerprint density at radius 2 is 1.30 bits per heavy atom. The first kappa shape index (κ1) is 108. The number of unbranched alkanes of at least 4 members (excludes halogenated alkanes) is 2. The Balaban J connectivity index is 0.681. The van der Waals surface area contributed by atoms with Gasteiger partial charge >= 0.3 is 47.9 Å². The van der Waals surface area contributed by atoms with Gasteiger partial charge in [-0.25, -0.2) is 24.0 Å². The van der Waals surface area contributed by atoms with E-state index < -0.39 is 273 Å². The molecule has 10 rings (SSSR count). The number of carbonyl (C=O) groups excluding carboxylic acids is 14. The lowest BCUT2D eigenvalue weighted by atomic mass is 9.44. The first-order valence-electron chi connectivity index (χ1n) is 45.4. The monoisotopic (exact) mass is 1930 g/mol. The fraction of sp³-hybridized carbons (Fsp3) is 0.613. The molecule has 137 heavy (non-hydrogen) atoms. The quantitative estimate of drug-likeness (QED) is 0.0123. The molecule has 2 saturated carbocycles. The number of methoxy groups -OCH3 is 2. The smallest absolute Gasteiger partial charge is 0.408 e. The summed E-state index contributed by atoms with van der Waals surface area (Å²) in [7, 11) is 2.50. The van der Waals surface area contributed by atoms with Gasteiger partial charge in [-0.15, -0.1) is 5.10 Å². The molecule has 0 spiro atoms. The zero-order valence-electron chi connectivity index (χ0n) is 77.9. The van der Waals surface area contributed by atoms with Crippen LogP contribution in [0.4, 0.5) is 4.79 Å². The number of aromatic nitrogens is 3. The highest BCUT2D eigenvalue weighted by molar-refractivity contribution is 5.97. The average Bonchev–Trinajstić information content (AvgIpc) is 0.845. The molecule has 4 aromatic rings. The largest absolute Gasteiger partial charge is 0.466 e. The van der Waals surface area contributed by atoms with E-state index in [-0.39, 0.29) is 99.1 Å². The summed E-state index contributed by atoms with van der Waals surface area (Å²) < 4.78 is 86.9. The minimum atomic E-state index is -2.59. The highest BCUT2D eigenvalue weighted by Gasteiger charge is 2.79. The number of ketones is 2. The number of fused-ring (bicyclic) bond motifs is 5. The first-order valence-corrected chi connectivity index (χ1v) is 45.4. The number of esters is 7. The van der Waals surface area contributed by atoms with E-state index in [2.05, 4.69) is 36.9 Å². The Morgan fingerprint density at radius 3 is 1.95 bits per heavy atom. The van der Waals surface area contributed by atoms with Crippen molar-refractivity contribution in [3.05, 3.63) is 131 Å². The van der Waals surface area contributed by atoms with E-state index >= 15 is 9.59 Å². The van der Waals surface area contributed by atoms with Crippen molar-refractivity contribution >= 4 is 83.1 Å². The maximum Gasteiger partial charge on any atom is 0.408 e. The number of aryl methyl sites for hydroxylation is 2. The van der Waals surface area contributed by atoms with Crippen LogP contribution in [0, 0.1) is 22.7 Å². The van der Waals surface area contributed by atoms with E-state index in [1.54, 1.807) is 79.3 Å². The summed E-state index contributed by atoms with van der Waals surface area (Å²) >= 11 is 0. The van der Waals surface area contributed by atoms with Gasteiger partial charge in [-0.05, 0) is 114 Å². The number of Topliss-reactive ketones (excluding diaryl/α,β-unsaturated/α-hetero) is 2. The van der Waals surface area contributed by atoms with Crippen molar-refractivity contribution in [1.29, 1.82) is 0 Å². The molecule has 5 amide bonds. The van der Waals surface area contributed by atoms with Crippen LogP contribution in [0.25, 0.3) is 0 Å². The summed E-state index contributed by atoms with van der Waals surface area (Å²) in [4.78, 5) is 193. The molecular weight excluding hydrogens is 1810 g/mol. The number of hydrogen-bond acceptors (Lipinski definition) is 38. The molecular formula is C93H124N8O36. The van der Waals surface area contributed by atoms with Crippen LogP contribution in [-0.2, 0) is 137 Å². The van der Waals surface area contributed by atoms with E-state index in [1.807, 2.05) is 0 Å². The first-order chi connectivity index (χ1) is 65.2. The zero-order chi connectivity index (χ0) is 99.8. The second-order valence-electron chi connectivity index (χ2n) is 35.1. The number of rotatable bonds is 47. The number of ether oxygens (including phenoxy) is 15. The number of nitrogens with one attached hydrogen (secondary N) is 5. The Bertz CT molecular complexity index is 4870. The molecule has 0 radical (unpaired) electrons. The molecule has 23 atom stereocenters. The van der Waals surface area contributed by atoms with E-state index in [9.17, 15) is 93.3 Å². The standard InChI is InChI=1S/C93H124N8O36/c1-11-126-83(117)56(39-58(104)42-95-66(107)43-96-65(106)36-26-34-57-44-101(100-99-57)38-25-23-35-59(85(119)127-12-2)97-89(121)135-78-72(111)62(132-87(124-10)75(78)114)46-128-88-74(113)73(112)71(110)61(133-88)45-123-9)33-22-24-37-94-67(108)47-125-48-68(109)134-77(70(53-27-16-13-17-28-53)98-82(116)54-29-18-14-19-30-54)86(120)131-60-41-93(122)81(136-84(118)55-31-20-15-21-32-55)79-91(8,63(105)40-64-92(79,49-129-64)137-52(5)103)80(115)76(130-51(4)102)69(50(60)3)90(93,6)7/h13-21,27-32,44,56,59-64,70-79,81,87-88,105,110-114,122H,11-12,22-26,33-43,45-49H2,1-10H3,(H,94,108)(H,95,107)(H,96,106)(H,97,121)(H,98,116)/t56-,59+,60+,61?,62?,63+,64-,70?,71-,72-,73+,74?,75?,76-,77-,78+,79+,81+,87+,88-,91-,92+,93-/m1/s1. The summed E-state index contributed by atoms with van der Waals surface area (Å²) in [5.74, 6) is -13.8. The highest BCUT2D eigenvalue weighted by atomic mass is 16.7. The van der Waals surface area contributed by atoms with Crippen LogP contribution in [-0.4, -0.2) is 329 Å². The highest BCUT2D eigenvalue weighted by Crippen LogP contribution is 2.65. The molecule has 1 aromatic heterocycles. The predicted molar refractivity (Wildman–Crippen MR) is 468 cm³/mol. The van der Waals surface area contributed by atoms with Crippen LogP contribution >= 0.6 is 0 Å². The Kier molecular flexibility index (Phi) is 38.8. The second-order valence-corrected chi connectivity index (χ2v) is 35.1. The van der Waals surface area contributed by atoms with Crippen LogP contribution in [0.15, 0.2) is 108 Å². The van der Waals surface area contributed by atoms with Crippen LogP contribution in [0.1, 0.15) is 164 Å². The van der Waals surface area contributed by atoms with Crippen molar-refractivity contribution in [3.63, 3.8) is 0 Å². The number of carbonyl (C=O) groups is 14. The number of alkyl carbamates (subject to hydrolysis) is 1. The SMILES string of the molecule is CCOC(=O)[C@H](CCCCNC(=O)COCC(=O)O[C@@H](C(=O)O[C@H]1C[C@@]2(O)[C@@H](OC(=O)c3ccccc3)[C@@H]3[C@]4(OC(C)=O)CO[C@@H]4C[C@H](O)[C@@]3(C)C(=O)[C@H](OC(C)=O)C(=C1C)C2(C)C)C(NC(=O)c1ccccc1)c1ccccc1)CC(=O)CNC(=O)CNC(=O)CCCc1cn(CCCC[C@H](NC(=O)O[C@@H]2C(O)[C@@H](OC)OC(CO[C@@H]3OC(COC)[C@@H](O)[C@H](O)C3O)[C@H]2O)C(=O)OCC)nn1. The Hall–Kier alpha value is -11.2. The molecule has 5 unspecified atom stereocenters. The average molecular weight is 1930 g/mol. The normalized spacial score (nSPS) is 27.8. The van der Waals surface area contributed by atoms with Crippen molar-refractivity contribution in [1.82, 2.24) is 41.6 Å². The molecule has 5 fully saturated rings. The van der Waals surface area contributed by atoms with Gasteiger partial charge in [0.05, 0.1) is 80.7 Å². The van der Waals surface area contributed by atoms with Crippen molar-refractivity contribution in [3.8, 4) is 0 Å². The molecule has 3 saturated heterocycles. The second kappa shape index (κ2) is 49.4. The molecule has 3 aliphatic heterocycles. The lowest BCUT2D eigenvalue weighted by Gasteiger charge is -2.67. The number of aliphatic hydroxyl groups excluding tert-OH is 6. The zero-order valence-corrected chi connectivity index (χ0v) is 77.9. The van der Waals surface area contributed by atoms with Gasteiger partial charge in [0.1, 0.15) is 91.9 Å². The summed E-state index contributed by atoms with van der Waals surface area (Å²) in [6.07, 6.45) is -25.3. The topological polar surface area (TPSA) is 610 Å². The van der Waals surface area contributed by atoms with E-state index in [0.717, 1.165) is 13.8 Å². The molecule has 3 aromatic carbocycles. The Labute approximate surface area is 789 Å². The van der Waals surface area contributed by atoms with Gasteiger partial charge in [-0.2, -0.15) is 0 Å². The number of nitrogens with zero attached hydrogens (tertiary/aromatic N) is 3. The third-order valence-corrected chi connectivity index (χ3v) is 25.5. The summed E-state index contributed by atoms with van der Waals surface area (Å²) in [5, 5.41) is 101. The molecule has 44 heteroatoms. The minimum Gasteiger partial charge on any atom is -0.466 e. The number of benzene rings is 3. The predicted octanol–water partition coefficient (Wildman–Crippen LogP) is 0.335. The Morgan fingerprint density at radius 1 is 0.650 bits per heavy atom. The maximum atomic E-state index is 16.0. The lowest BCUT2D eigenvalue weighted by Crippen LogP contribution is -2.82. The van der Waals surface area contributed by atoms with Crippen molar-refractivity contribution in [2.45, 2.75) is 260 Å². The molecule has 6 aliphatic rings. The van der Waals surface area contributed by atoms with Crippen LogP contribution in [0.3, 0.4) is 0 Å². The minimum absolute atomic E-state index is 0.00904. The fourth-order valence-corrected chi connectivity index (χ4v) is 18.2. The van der Waals surface area contributed by atoms with Crippen LogP contribution in [0.5, 0.6) is 0 Å². The molecule has 44 nitrogen and oxygen atoms in total. The van der Waals surface area contributed by atoms with Gasteiger partial charge in [-0.1, -0.05) is 92.2 Å². The van der Waals surface area contributed by atoms with Gasteiger partial charge in [0.15, 0.2) is 42.0 Å². The molecule has 4 heterocycles. The van der Waals surface area contributed by atoms with Gasteiger partial charge < -0.3 is 133 Å². The fourth-order valence-electron chi connectivity index (χ4n) is 18.2. The van der Waals surface area contributed by atoms with Gasteiger partial charge in [0.2, 0.25) is 23.8 Å². The third-order valence-electron chi connectivity index (χ3n) is 25.5. The molecule has 12 N–H and O–H groups in total. The number of amides is 5. The summed E-state index contributed by atoms with van der Waals surface area (Å²) in [6, 6.07) is 20.3. The third kappa shape index (κ3) is 26.6. The van der Waals surface area contributed by atoms with Gasteiger partial charge in [0.25, 0.3) is 5.91 Å². The van der Waals surface area contributed by atoms with Gasteiger partial charge in [-0.3, -0.25) is 47.8 Å². The summed E-state index contributed by atoms with van der Waals surface area (Å²) in [5.41, 5.74) is -7.86. The van der Waals surface area contributed by atoms with Crippen molar-refractivity contribution in [2.24, 2.45) is 22.7 Å². The van der Waals surface area contributed by atoms with E-state index in [4.69, 9.17) is 71.1 Å². The number of hydrogen-bond donors (Lipinski definition) is 12. The number of aliphatic hydroxyl groups is 7. The molecule has 3 aliphatic carbocycles. The van der Waals surface area contributed by atoms with Crippen LogP contribution in [0.2, 0.25) is 0 Å². The van der Waals surface area contributed by atoms with Gasteiger partial charge in [0, 0.05) is 84.0 Å². The summed E-state index contributed by atoms with van der Waals surface area (Å²) in [6.45, 7) is 7.45.